The third-order valence-corrected chi connectivity index (χ3v) is 3.49. The second-order valence-electron chi connectivity index (χ2n) is 4.81. The van der Waals surface area contributed by atoms with Crippen molar-refractivity contribution in [3.05, 3.63) is 59.7 Å². The van der Waals surface area contributed by atoms with Gasteiger partial charge in [-0.2, -0.15) is 0 Å². The molecule has 0 radical (unpaired) electrons. The van der Waals surface area contributed by atoms with Crippen molar-refractivity contribution in [2.24, 2.45) is 0 Å². The first-order valence-electron chi connectivity index (χ1n) is 6.51. The average Bonchev–Trinajstić information content (AvgIpc) is 2.46. The van der Waals surface area contributed by atoms with Gasteiger partial charge < -0.3 is 10.6 Å². The smallest absolute Gasteiger partial charge is 0.258 e. The summed E-state index contributed by atoms with van der Waals surface area (Å²) < 4.78 is 0. The maximum atomic E-state index is 12.5. The highest BCUT2D eigenvalue weighted by Gasteiger charge is 2.23. The molecule has 2 aromatic rings. The van der Waals surface area contributed by atoms with E-state index in [-0.39, 0.29) is 5.91 Å². The quantitative estimate of drug-likeness (QED) is 0.793. The van der Waals surface area contributed by atoms with Crippen LogP contribution in [-0.4, -0.2) is 12.5 Å². The van der Waals surface area contributed by atoms with Crippen LogP contribution in [0.1, 0.15) is 22.3 Å². The number of nitrogens with zero attached hydrogens (tertiary/aromatic N) is 1. The molecular weight excluding hydrogens is 236 g/mol. The molecule has 1 aliphatic heterocycles. The summed E-state index contributed by atoms with van der Waals surface area (Å²) in [5, 5.41) is 0. The van der Waals surface area contributed by atoms with Crippen LogP contribution in [0, 0.1) is 0 Å². The Labute approximate surface area is 112 Å². The highest BCUT2D eigenvalue weighted by Crippen LogP contribution is 2.29. The molecule has 0 atom stereocenters. The predicted molar refractivity (Wildman–Crippen MR) is 77.3 cm³/mol. The summed E-state index contributed by atoms with van der Waals surface area (Å²) in [5.41, 5.74) is 9.45. The van der Waals surface area contributed by atoms with Gasteiger partial charge in [0.25, 0.3) is 5.91 Å². The van der Waals surface area contributed by atoms with Gasteiger partial charge in [-0.3, -0.25) is 4.79 Å². The number of nitrogens with two attached hydrogens (primary N) is 1. The molecule has 0 spiro atoms. The number of amides is 1. The van der Waals surface area contributed by atoms with E-state index in [0.717, 1.165) is 41.9 Å². The molecule has 96 valence electrons. The summed E-state index contributed by atoms with van der Waals surface area (Å²) in [7, 11) is 0. The maximum Gasteiger partial charge on any atom is 0.258 e. The van der Waals surface area contributed by atoms with Crippen LogP contribution in [0.5, 0.6) is 0 Å². The molecule has 19 heavy (non-hydrogen) atoms. The number of fused-ring (bicyclic) bond motifs is 1. The molecule has 2 N–H and O–H groups in total. The van der Waals surface area contributed by atoms with Crippen LogP contribution >= 0.6 is 0 Å². The van der Waals surface area contributed by atoms with E-state index in [1.165, 1.54) is 0 Å². The minimum absolute atomic E-state index is 0.0614. The zero-order valence-electron chi connectivity index (χ0n) is 10.7. The molecule has 3 heteroatoms. The van der Waals surface area contributed by atoms with E-state index >= 15 is 0 Å². The van der Waals surface area contributed by atoms with Crippen LogP contribution in [0.4, 0.5) is 11.4 Å². The van der Waals surface area contributed by atoms with Crippen molar-refractivity contribution in [2.75, 3.05) is 17.2 Å². The van der Waals surface area contributed by atoms with Gasteiger partial charge in [0, 0.05) is 23.5 Å². The Kier molecular flexibility index (Phi) is 2.95. The van der Waals surface area contributed by atoms with Gasteiger partial charge in [-0.25, -0.2) is 0 Å². The van der Waals surface area contributed by atoms with Gasteiger partial charge in [0.15, 0.2) is 0 Å². The number of anilines is 2. The zero-order valence-corrected chi connectivity index (χ0v) is 10.7. The first kappa shape index (κ1) is 11.8. The van der Waals surface area contributed by atoms with Crippen molar-refractivity contribution in [3.63, 3.8) is 0 Å². The van der Waals surface area contributed by atoms with Crippen molar-refractivity contribution in [1.82, 2.24) is 0 Å². The van der Waals surface area contributed by atoms with Crippen LogP contribution < -0.4 is 10.6 Å². The van der Waals surface area contributed by atoms with Gasteiger partial charge in [0.05, 0.1) is 0 Å². The van der Waals surface area contributed by atoms with Gasteiger partial charge in [-0.05, 0) is 48.7 Å². The lowest BCUT2D eigenvalue weighted by molar-refractivity contribution is 0.0985. The first-order valence-corrected chi connectivity index (χ1v) is 6.51. The Balaban J connectivity index is 1.98. The Hall–Kier alpha value is -2.29. The van der Waals surface area contributed by atoms with Crippen molar-refractivity contribution < 1.29 is 4.79 Å². The number of carbonyl (C=O) groups is 1. The third kappa shape index (κ3) is 2.19. The second kappa shape index (κ2) is 4.76. The van der Waals surface area contributed by atoms with E-state index in [2.05, 4.69) is 0 Å². The molecular formula is C16H16N2O. The monoisotopic (exact) mass is 252 g/mol. The van der Waals surface area contributed by atoms with E-state index < -0.39 is 0 Å². The average molecular weight is 252 g/mol. The molecule has 2 aromatic carbocycles. The standard InChI is InChI=1S/C16H16N2O/c17-14-8-9-15-13(11-14)7-4-10-18(15)16(19)12-5-2-1-3-6-12/h1-3,5-6,8-9,11H,4,7,10,17H2. The van der Waals surface area contributed by atoms with Gasteiger partial charge >= 0.3 is 0 Å². The Morgan fingerprint density at radius 3 is 2.68 bits per heavy atom. The van der Waals surface area contributed by atoms with Crippen molar-refractivity contribution in [1.29, 1.82) is 0 Å². The van der Waals surface area contributed by atoms with Crippen LogP contribution in [0.2, 0.25) is 0 Å². The van der Waals surface area contributed by atoms with E-state index in [4.69, 9.17) is 5.73 Å². The fourth-order valence-electron chi connectivity index (χ4n) is 2.56. The van der Waals surface area contributed by atoms with Gasteiger partial charge in [0.1, 0.15) is 0 Å². The molecule has 0 saturated heterocycles. The Bertz CT molecular complexity index is 607. The maximum absolute atomic E-state index is 12.5. The highest BCUT2D eigenvalue weighted by atomic mass is 16.2. The first-order chi connectivity index (χ1) is 9.25. The molecule has 0 aromatic heterocycles. The van der Waals surface area contributed by atoms with E-state index in [0.29, 0.717) is 0 Å². The molecule has 1 heterocycles. The highest BCUT2D eigenvalue weighted by molar-refractivity contribution is 6.06. The third-order valence-electron chi connectivity index (χ3n) is 3.49. The van der Waals surface area contributed by atoms with Gasteiger partial charge in [-0.1, -0.05) is 18.2 Å². The fraction of sp³-hybridized carbons (Fsp3) is 0.188. The largest absolute Gasteiger partial charge is 0.399 e. The lowest BCUT2D eigenvalue weighted by Crippen LogP contribution is -2.35. The van der Waals surface area contributed by atoms with Crippen LogP contribution in [0.3, 0.4) is 0 Å². The molecule has 0 aliphatic carbocycles. The molecule has 0 saturated carbocycles. The summed E-state index contributed by atoms with van der Waals surface area (Å²) in [6.07, 6.45) is 1.97. The SMILES string of the molecule is Nc1ccc2c(c1)CCCN2C(=O)c1ccccc1. The number of rotatable bonds is 1. The van der Waals surface area contributed by atoms with E-state index in [1.807, 2.05) is 53.4 Å². The summed E-state index contributed by atoms with van der Waals surface area (Å²) in [6, 6.07) is 15.2. The summed E-state index contributed by atoms with van der Waals surface area (Å²) in [4.78, 5) is 14.4. The second-order valence-corrected chi connectivity index (χ2v) is 4.81. The zero-order chi connectivity index (χ0) is 13.2. The number of nitrogen functional groups attached to an aromatic ring is 1. The topological polar surface area (TPSA) is 46.3 Å². The molecule has 0 bridgehead atoms. The van der Waals surface area contributed by atoms with E-state index in [1.54, 1.807) is 0 Å². The number of hydrogen-bond acceptors (Lipinski definition) is 2. The molecule has 0 unspecified atom stereocenters. The molecule has 3 nitrogen and oxygen atoms in total. The lowest BCUT2D eigenvalue weighted by Gasteiger charge is -2.29. The van der Waals surface area contributed by atoms with E-state index in [9.17, 15) is 4.79 Å². The Morgan fingerprint density at radius 2 is 1.89 bits per heavy atom. The minimum Gasteiger partial charge on any atom is -0.399 e. The number of hydrogen-bond donors (Lipinski definition) is 1. The summed E-state index contributed by atoms with van der Waals surface area (Å²) >= 11 is 0. The van der Waals surface area contributed by atoms with Crippen LogP contribution in [-0.2, 0) is 6.42 Å². The van der Waals surface area contributed by atoms with Gasteiger partial charge in [-0.15, -0.1) is 0 Å². The number of benzene rings is 2. The predicted octanol–water partition coefficient (Wildman–Crippen LogP) is 2.86. The van der Waals surface area contributed by atoms with Crippen LogP contribution in [0.15, 0.2) is 48.5 Å². The summed E-state index contributed by atoms with van der Waals surface area (Å²) in [5.74, 6) is 0.0614. The lowest BCUT2D eigenvalue weighted by atomic mass is 10.00. The van der Waals surface area contributed by atoms with Crippen LogP contribution in [0.25, 0.3) is 0 Å². The number of carbonyl (C=O) groups excluding carboxylic acids is 1. The van der Waals surface area contributed by atoms with Crippen molar-refractivity contribution in [2.45, 2.75) is 12.8 Å². The number of aryl methyl sites for hydroxylation is 1. The van der Waals surface area contributed by atoms with Crippen molar-refractivity contribution in [3.8, 4) is 0 Å². The minimum atomic E-state index is 0.0614. The molecule has 1 aliphatic rings. The fourth-order valence-corrected chi connectivity index (χ4v) is 2.56. The Morgan fingerprint density at radius 1 is 1.11 bits per heavy atom. The summed E-state index contributed by atoms with van der Waals surface area (Å²) in [6.45, 7) is 0.768. The van der Waals surface area contributed by atoms with Gasteiger partial charge in [0.2, 0.25) is 0 Å². The molecule has 3 rings (SSSR count). The van der Waals surface area contributed by atoms with Crippen molar-refractivity contribution >= 4 is 17.3 Å². The normalized spacial score (nSPS) is 14.0. The molecule has 1 amide bonds. The molecule has 0 fully saturated rings.